The number of benzene rings is 1. The van der Waals surface area contributed by atoms with Gasteiger partial charge in [0.15, 0.2) is 5.82 Å². The molecular formula is C21H20F2N8O. The highest BCUT2D eigenvalue weighted by Crippen LogP contribution is 2.38. The Morgan fingerprint density at radius 2 is 2.12 bits per heavy atom. The second-order valence-electron chi connectivity index (χ2n) is 7.69. The molecule has 5 rings (SSSR count). The Balaban J connectivity index is 1.43. The smallest absolute Gasteiger partial charge is 0.255 e. The summed E-state index contributed by atoms with van der Waals surface area (Å²) in [4.78, 5) is 14.8. The van der Waals surface area contributed by atoms with E-state index >= 15 is 0 Å². The molecule has 1 aromatic carbocycles. The van der Waals surface area contributed by atoms with Crippen molar-refractivity contribution in [3.63, 3.8) is 0 Å². The molecule has 11 heteroatoms. The Kier molecular flexibility index (Phi) is 5.00. The molecule has 0 bridgehead atoms. The molecule has 164 valence electrons. The summed E-state index contributed by atoms with van der Waals surface area (Å²) in [6.07, 6.45) is 4.82. The zero-order chi connectivity index (χ0) is 22.2. The SMILES string of the molecule is Cn1nnnc1CNC(=O)c1cnn2ccc(N3CCCC3c3cc(F)ccc3F)cc12. The standard InChI is InChI=1S/C21H20F2N8O/c1-29-20(26-27-28-29)12-24-21(32)16-11-25-31-8-6-14(10-19(16)31)30-7-2-3-18(30)15-9-13(22)4-5-17(15)23/h4-6,8-11,18H,2-3,7,12H2,1H3,(H,24,32). The molecule has 1 fully saturated rings. The molecule has 1 atom stereocenters. The normalized spacial score (nSPS) is 16.1. The topological polar surface area (TPSA) is 93.2 Å². The van der Waals surface area contributed by atoms with Crippen molar-refractivity contribution >= 4 is 17.1 Å². The van der Waals surface area contributed by atoms with E-state index in [1.165, 1.54) is 16.9 Å². The number of aryl methyl sites for hydroxylation is 1. The van der Waals surface area contributed by atoms with Gasteiger partial charge in [0.1, 0.15) is 11.6 Å². The average Bonchev–Trinajstić information content (AvgIpc) is 3.52. The van der Waals surface area contributed by atoms with Crippen LogP contribution in [0.2, 0.25) is 0 Å². The van der Waals surface area contributed by atoms with Gasteiger partial charge in [-0.1, -0.05) is 0 Å². The number of hydrogen-bond donors (Lipinski definition) is 1. The Morgan fingerprint density at radius 1 is 1.25 bits per heavy atom. The number of nitrogens with zero attached hydrogens (tertiary/aromatic N) is 7. The van der Waals surface area contributed by atoms with Gasteiger partial charge >= 0.3 is 0 Å². The first kappa shape index (κ1) is 20.0. The molecule has 32 heavy (non-hydrogen) atoms. The summed E-state index contributed by atoms with van der Waals surface area (Å²) in [7, 11) is 1.69. The summed E-state index contributed by atoms with van der Waals surface area (Å²) in [5.74, 6) is -0.675. The Labute approximate surface area is 181 Å². The third-order valence-corrected chi connectivity index (χ3v) is 5.77. The number of amides is 1. The number of pyridine rings is 1. The molecule has 0 radical (unpaired) electrons. The van der Waals surface area contributed by atoms with Crippen LogP contribution < -0.4 is 10.2 Å². The largest absolute Gasteiger partial charge is 0.364 e. The minimum Gasteiger partial charge on any atom is -0.364 e. The number of aromatic nitrogens is 6. The van der Waals surface area contributed by atoms with Gasteiger partial charge in [-0.2, -0.15) is 5.10 Å². The van der Waals surface area contributed by atoms with Crippen molar-refractivity contribution in [1.82, 2.24) is 35.1 Å². The summed E-state index contributed by atoms with van der Waals surface area (Å²) in [5.41, 5.74) is 2.16. The Bertz CT molecular complexity index is 1300. The number of fused-ring (bicyclic) bond motifs is 1. The van der Waals surface area contributed by atoms with Gasteiger partial charge < -0.3 is 10.2 Å². The molecule has 1 aliphatic rings. The van der Waals surface area contributed by atoms with E-state index in [-0.39, 0.29) is 18.5 Å². The third kappa shape index (κ3) is 3.55. The van der Waals surface area contributed by atoms with Gasteiger partial charge in [-0.25, -0.2) is 18.0 Å². The van der Waals surface area contributed by atoms with Crippen molar-refractivity contribution in [2.75, 3.05) is 11.4 Å². The van der Waals surface area contributed by atoms with Gasteiger partial charge in [-0.15, -0.1) is 5.10 Å². The fraction of sp³-hybridized carbons (Fsp3) is 0.286. The number of nitrogens with one attached hydrogen (secondary N) is 1. The van der Waals surface area contributed by atoms with Crippen LogP contribution in [0.5, 0.6) is 0 Å². The van der Waals surface area contributed by atoms with E-state index in [4.69, 9.17) is 0 Å². The number of halogens is 2. The van der Waals surface area contributed by atoms with Crippen molar-refractivity contribution in [2.24, 2.45) is 7.05 Å². The van der Waals surface area contributed by atoms with Crippen LogP contribution in [0, 0.1) is 11.6 Å². The van der Waals surface area contributed by atoms with Gasteiger partial charge in [0.2, 0.25) is 0 Å². The van der Waals surface area contributed by atoms with E-state index in [0.717, 1.165) is 24.2 Å². The van der Waals surface area contributed by atoms with Crippen LogP contribution in [-0.2, 0) is 13.6 Å². The highest BCUT2D eigenvalue weighted by Gasteiger charge is 2.29. The minimum atomic E-state index is -0.462. The molecule has 0 saturated carbocycles. The maximum Gasteiger partial charge on any atom is 0.255 e. The predicted octanol–water partition coefficient (Wildman–Crippen LogP) is 2.41. The molecule has 1 saturated heterocycles. The van der Waals surface area contributed by atoms with Crippen molar-refractivity contribution in [2.45, 2.75) is 25.4 Å². The molecule has 4 aromatic rings. The van der Waals surface area contributed by atoms with Crippen molar-refractivity contribution in [3.8, 4) is 0 Å². The van der Waals surface area contributed by atoms with Crippen molar-refractivity contribution in [3.05, 3.63) is 71.3 Å². The fourth-order valence-electron chi connectivity index (χ4n) is 4.14. The Morgan fingerprint density at radius 3 is 2.94 bits per heavy atom. The predicted molar refractivity (Wildman–Crippen MR) is 111 cm³/mol. The molecule has 9 nitrogen and oxygen atoms in total. The van der Waals surface area contributed by atoms with Crippen LogP contribution in [0.15, 0.2) is 42.7 Å². The summed E-state index contributed by atoms with van der Waals surface area (Å²) in [5, 5.41) is 18.2. The lowest BCUT2D eigenvalue weighted by Crippen LogP contribution is -2.25. The number of anilines is 1. The lowest BCUT2D eigenvalue weighted by molar-refractivity contribution is 0.0951. The maximum absolute atomic E-state index is 14.4. The van der Waals surface area contributed by atoms with Gasteiger partial charge in [-0.05, 0) is 53.6 Å². The van der Waals surface area contributed by atoms with Gasteiger partial charge in [0.25, 0.3) is 5.91 Å². The molecule has 1 amide bonds. The number of tetrazole rings is 1. The number of carbonyl (C=O) groups excluding carboxylic acids is 1. The minimum absolute atomic E-state index is 0.173. The third-order valence-electron chi connectivity index (χ3n) is 5.77. The highest BCUT2D eigenvalue weighted by molar-refractivity contribution is 6.01. The quantitative estimate of drug-likeness (QED) is 0.514. The van der Waals surface area contributed by atoms with Crippen LogP contribution in [0.4, 0.5) is 14.5 Å². The summed E-state index contributed by atoms with van der Waals surface area (Å²) in [6, 6.07) is 6.98. The van der Waals surface area contributed by atoms with Crippen LogP contribution >= 0.6 is 0 Å². The van der Waals surface area contributed by atoms with Crippen LogP contribution in [0.3, 0.4) is 0 Å². The van der Waals surface area contributed by atoms with Crippen LogP contribution in [0.1, 0.15) is 40.6 Å². The molecular weight excluding hydrogens is 418 g/mol. The molecule has 0 spiro atoms. The Hall–Kier alpha value is -3.89. The number of hydrogen-bond acceptors (Lipinski definition) is 6. The van der Waals surface area contributed by atoms with E-state index < -0.39 is 11.6 Å². The summed E-state index contributed by atoms with van der Waals surface area (Å²) in [6.45, 7) is 0.873. The molecule has 3 aromatic heterocycles. The number of carbonyl (C=O) groups is 1. The second kappa shape index (κ2) is 7.98. The lowest BCUT2D eigenvalue weighted by Gasteiger charge is -2.27. The van der Waals surface area contributed by atoms with E-state index in [0.29, 0.717) is 35.4 Å². The molecule has 1 aliphatic heterocycles. The maximum atomic E-state index is 14.4. The van der Waals surface area contributed by atoms with E-state index in [9.17, 15) is 13.6 Å². The summed E-state index contributed by atoms with van der Waals surface area (Å²) >= 11 is 0. The first-order valence-electron chi connectivity index (χ1n) is 10.2. The average molecular weight is 438 g/mol. The van der Waals surface area contributed by atoms with Crippen molar-refractivity contribution in [1.29, 1.82) is 0 Å². The van der Waals surface area contributed by atoms with Crippen LogP contribution in [-0.4, -0.2) is 42.3 Å². The van der Waals surface area contributed by atoms with E-state index in [1.54, 1.807) is 17.8 Å². The van der Waals surface area contributed by atoms with Crippen LogP contribution in [0.25, 0.3) is 5.52 Å². The highest BCUT2D eigenvalue weighted by atomic mass is 19.1. The van der Waals surface area contributed by atoms with Gasteiger partial charge in [-0.3, -0.25) is 4.79 Å². The number of rotatable bonds is 5. The zero-order valence-electron chi connectivity index (χ0n) is 17.2. The van der Waals surface area contributed by atoms with Crippen molar-refractivity contribution < 1.29 is 13.6 Å². The molecule has 1 unspecified atom stereocenters. The van der Waals surface area contributed by atoms with E-state index in [2.05, 4.69) is 25.9 Å². The van der Waals surface area contributed by atoms with Gasteiger partial charge in [0, 0.05) is 31.0 Å². The van der Waals surface area contributed by atoms with E-state index in [1.807, 2.05) is 17.0 Å². The molecule has 0 aliphatic carbocycles. The van der Waals surface area contributed by atoms with Gasteiger partial charge in [0.05, 0.1) is 29.9 Å². The second-order valence-corrected chi connectivity index (χ2v) is 7.69. The monoisotopic (exact) mass is 438 g/mol. The first-order chi connectivity index (χ1) is 15.5. The first-order valence-corrected chi connectivity index (χ1v) is 10.2. The summed E-state index contributed by atoms with van der Waals surface area (Å²) < 4.78 is 31.3. The zero-order valence-corrected chi connectivity index (χ0v) is 17.2. The fourth-order valence-corrected chi connectivity index (χ4v) is 4.14. The molecule has 1 N–H and O–H groups in total. The molecule has 4 heterocycles. The lowest BCUT2D eigenvalue weighted by atomic mass is 10.0.